The van der Waals surface area contributed by atoms with Crippen LogP contribution in [0.15, 0.2) is 29.8 Å². The van der Waals surface area contributed by atoms with Gasteiger partial charge < -0.3 is 24.6 Å². The summed E-state index contributed by atoms with van der Waals surface area (Å²) in [5, 5.41) is 13.2. The summed E-state index contributed by atoms with van der Waals surface area (Å²) < 4.78 is 15.9. The highest BCUT2D eigenvalue weighted by molar-refractivity contribution is 5.97. The molecule has 1 aliphatic carbocycles. The van der Waals surface area contributed by atoms with Gasteiger partial charge in [0.2, 0.25) is 5.91 Å². The van der Waals surface area contributed by atoms with Gasteiger partial charge in [-0.3, -0.25) is 24.1 Å². The number of morpholine rings is 1. The standard InChI is InChI=1S/C33H46N2O8/c1-22(15-26(36)20-35-11-13-42-14-12-35)32(40)34-27(17-24-9-10-30(41-3)29(38)18-24)28(37)19-25(31(39)33(2)21-43-33)16-23-7-5-4-6-8-23/h7,9-10,18,22,25,27,38H,4-6,8,11-17,19-21H2,1-3H3,(H,34,40)/t22-,25-,27+,33-/m1/s1. The smallest absolute Gasteiger partial charge is 0.223 e. The topological polar surface area (TPSA) is 135 Å². The van der Waals surface area contributed by atoms with Crippen LogP contribution in [0.2, 0.25) is 0 Å². The Kier molecular flexibility index (Phi) is 11.5. The van der Waals surface area contributed by atoms with E-state index < -0.39 is 29.4 Å². The third kappa shape index (κ3) is 9.45. The van der Waals surface area contributed by atoms with Crippen molar-refractivity contribution in [2.24, 2.45) is 11.8 Å². The maximum atomic E-state index is 13.9. The van der Waals surface area contributed by atoms with Gasteiger partial charge in [0, 0.05) is 37.8 Å². The summed E-state index contributed by atoms with van der Waals surface area (Å²) in [5.74, 6) is -1.77. The van der Waals surface area contributed by atoms with E-state index in [9.17, 15) is 24.3 Å². The SMILES string of the molecule is COc1ccc(C[C@H](NC(=O)[C@H](C)CC(=O)CN2CCOCC2)C(=O)C[C@@H](CC2=CCCCC2)C(=O)[C@@]2(C)CO2)cc1O. The van der Waals surface area contributed by atoms with E-state index in [4.69, 9.17) is 14.2 Å². The van der Waals surface area contributed by atoms with Crippen molar-refractivity contribution >= 4 is 23.3 Å². The minimum absolute atomic E-state index is 0.0352. The second kappa shape index (κ2) is 15.1. The number of ketones is 3. The number of methoxy groups -OCH3 is 1. The Morgan fingerprint density at radius 2 is 1.86 bits per heavy atom. The zero-order valence-electron chi connectivity index (χ0n) is 25.7. The lowest BCUT2D eigenvalue weighted by molar-refractivity contribution is -0.134. The fourth-order valence-corrected chi connectivity index (χ4v) is 5.90. The van der Waals surface area contributed by atoms with E-state index in [1.165, 1.54) is 18.7 Å². The average molecular weight is 599 g/mol. The number of allylic oxidation sites excluding steroid dienone is 2. The number of nitrogens with one attached hydrogen (secondary N) is 1. The van der Waals surface area contributed by atoms with Crippen LogP contribution >= 0.6 is 0 Å². The normalized spacial score (nSPS) is 22.5. The lowest BCUT2D eigenvalue weighted by Crippen LogP contribution is -2.46. The summed E-state index contributed by atoms with van der Waals surface area (Å²) in [6.45, 7) is 6.57. The number of hydrogen-bond acceptors (Lipinski definition) is 9. The van der Waals surface area contributed by atoms with Gasteiger partial charge in [-0.2, -0.15) is 0 Å². The molecule has 4 rings (SSSR count). The summed E-state index contributed by atoms with van der Waals surface area (Å²) in [6, 6.07) is 3.90. The second-order valence-corrected chi connectivity index (χ2v) is 12.4. The molecule has 2 heterocycles. The number of aromatic hydroxyl groups is 1. The van der Waals surface area contributed by atoms with Gasteiger partial charge in [-0.1, -0.05) is 24.6 Å². The molecule has 10 nitrogen and oxygen atoms in total. The van der Waals surface area contributed by atoms with Gasteiger partial charge in [0.05, 0.1) is 39.5 Å². The van der Waals surface area contributed by atoms with Gasteiger partial charge in [0.1, 0.15) is 11.4 Å². The molecule has 2 saturated heterocycles. The van der Waals surface area contributed by atoms with E-state index in [1.807, 2.05) is 4.90 Å². The van der Waals surface area contributed by atoms with Crippen molar-refractivity contribution in [1.29, 1.82) is 0 Å². The van der Waals surface area contributed by atoms with Crippen molar-refractivity contribution in [2.45, 2.75) is 76.9 Å². The number of Topliss-reactive ketones (excluding diaryl/α,β-unsaturated/α-hetero) is 3. The van der Waals surface area contributed by atoms with Crippen LogP contribution in [0.25, 0.3) is 0 Å². The number of phenols is 1. The summed E-state index contributed by atoms with van der Waals surface area (Å²) in [7, 11) is 1.45. The van der Waals surface area contributed by atoms with E-state index >= 15 is 0 Å². The highest BCUT2D eigenvalue weighted by atomic mass is 16.6. The Morgan fingerprint density at radius 3 is 2.49 bits per heavy atom. The molecule has 2 N–H and O–H groups in total. The van der Waals surface area contributed by atoms with Crippen LogP contribution in [0.3, 0.4) is 0 Å². The van der Waals surface area contributed by atoms with Crippen molar-refractivity contribution < 1.29 is 38.5 Å². The lowest BCUT2D eigenvalue weighted by atomic mass is 9.81. The predicted octanol–water partition coefficient (Wildman–Crippen LogP) is 3.18. The van der Waals surface area contributed by atoms with Crippen molar-refractivity contribution in [3.8, 4) is 11.5 Å². The van der Waals surface area contributed by atoms with Crippen molar-refractivity contribution in [3.63, 3.8) is 0 Å². The Hall–Kier alpha value is -3.08. The maximum Gasteiger partial charge on any atom is 0.223 e. The first-order chi connectivity index (χ1) is 20.6. The van der Waals surface area contributed by atoms with Gasteiger partial charge in [-0.15, -0.1) is 0 Å². The maximum absolute atomic E-state index is 13.9. The molecule has 0 saturated carbocycles. The molecule has 1 amide bonds. The van der Waals surface area contributed by atoms with Gasteiger partial charge in [0.25, 0.3) is 0 Å². The Balaban J connectivity index is 1.47. The Labute approximate surface area is 254 Å². The highest BCUT2D eigenvalue weighted by Crippen LogP contribution is 2.35. The third-order valence-electron chi connectivity index (χ3n) is 8.68. The Morgan fingerprint density at radius 1 is 1.12 bits per heavy atom. The number of carbonyl (C=O) groups is 4. The first-order valence-electron chi connectivity index (χ1n) is 15.4. The quantitative estimate of drug-likeness (QED) is 0.217. The summed E-state index contributed by atoms with van der Waals surface area (Å²) in [5.41, 5.74) is 0.953. The molecule has 0 aromatic heterocycles. The molecule has 0 bridgehead atoms. The number of benzene rings is 1. The summed E-state index contributed by atoms with van der Waals surface area (Å²) in [6.07, 6.45) is 6.89. The molecule has 0 spiro atoms. The van der Waals surface area contributed by atoms with E-state index in [2.05, 4.69) is 11.4 Å². The molecular formula is C33H46N2O8. The fourth-order valence-electron chi connectivity index (χ4n) is 5.90. The van der Waals surface area contributed by atoms with Crippen molar-refractivity contribution in [3.05, 3.63) is 35.4 Å². The minimum Gasteiger partial charge on any atom is -0.504 e. The van der Waals surface area contributed by atoms with Gasteiger partial charge in [-0.25, -0.2) is 0 Å². The van der Waals surface area contributed by atoms with Crippen molar-refractivity contribution in [1.82, 2.24) is 10.2 Å². The average Bonchev–Trinajstić information content (AvgIpc) is 3.75. The van der Waals surface area contributed by atoms with Crippen LogP contribution < -0.4 is 10.1 Å². The molecule has 2 aliphatic heterocycles. The largest absolute Gasteiger partial charge is 0.504 e. The first kappa shape index (κ1) is 32.8. The fraction of sp³-hybridized carbons (Fsp3) is 0.636. The molecule has 2 fully saturated rings. The number of amides is 1. The monoisotopic (exact) mass is 598 g/mol. The van der Waals surface area contributed by atoms with Gasteiger partial charge in [0.15, 0.2) is 23.1 Å². The number of hydrogen-bond donors (Lipinski definition) is 2. The van der Waals surface area contributed by atoms with Crippen LogP contribution in [0.4, 0.5) is 0 Å². The highest BCUT2D eigenvalue weighted by Gasteiger charge is 2.50. The van der Waals surface area contributed by atoms with Crippen LogP contribution in [-0.2, 0) is 35.1 Å². The molecule has 10 heteroatoms. The lowest BCUT2D eigenvalue weighted by Gasteiger charge is -2.26. The number of phenolic OH excluding ortho intramolecular Hbond substituents is 1. The summed E-state index contributed by atoms with van der Waals surface area (Å²) >= 11 is 0. The number of epoxide rings is 1. The summed E-state index contributed by atoms with van der Waals surface area (Å²) in [4.78, 5) is 55.4. The molecule has 3 aliphatic rings. The van der Waals surface area contributed by atoms with E-state index in [0.29, 0.717) is 50.6 Å². The first-order valence-corrected chi connectivity index (χ1v) is 15.4. The molecule has 1 aromatic carbocycles. The molecule has 43 heavy (non-hydrogen) atoms. The number of carbonyl (C=O) groups excluding carboxylic acids is 4. The zero-order chi connectivity index (χ0) is 31.0. The number of rotatable bonds is 16. The molecule has 4 atom stereocenters. The Bertz CT molecular complexity index is 1200. The van der Waals surface area contributed by atoms with Crippen LogP contribution in [0.5, 0.6) is 11.5 Å². The minimum atomic E-state index is -0.944. The third-order valence-corrected chi connectivity index (χ3v) is 8.68. The van der Waals surface area contributed by atoms with Gasteiger partial charge >= 0.3 is 0 Å². The van der Waals surface area contributed by atoms with Crippen LogP contribution in [0.1, 0.15) is 64.4 Å². The molecule has 1 aromatic rings. The second-order valence-electron chi connectivity index (χ2n) is 12.4. The van der Waals surface area contributed by atoms with Crippen LogP contribution in [-0.4, -0.2) is 91.5 Å². The molecule has 236 valence electrons. The zero-order valence-corrected chi connectivity index (χ0v) is 25.7. The number of nitrogens with zero attached hydrogens (tertiary/aromatic N) is 1. The predicted molar refractivity (Wildman–Crippen MR) is 160 cm³/mol. The van der Waals surface area contributed by atoms with E-state index in [0.717, 1.165) is 25.7 Å². The van der Waals surface area contributed by atoms with E-state index in [-0.39, 0.29) is 48.9 Å². The van der Waals surface area contributed by atoms with Crippen molar-refractivity contribution in [2.75, 3.05) is 46.6 Å². The number of ether oxygens (including phenoxy) is 3. The van der Waals surface area contributed by atoms with E-state index in [1.54, 1.807) is 26.0 Å². The van der Waals surface area contributed by atoms with Crippen LogP contribution in [0, 0.1) is 11.8 Å². The van der Waals surface area contributed by atoms with Gasteiger partial charge in [-0.05, 0) is 63.1 Å². The molecule has 0 unspecified atom stereocenters. The molecule has 0 radical (unpaired) electrons. The molecular weight excluding hydrogens is 552 g/mol.